The fraction of sp³-hybridized carbons (Fsp3) is 0.100. The number of benzene rings is 2. The van der Waals surface area contributed by atoms with Gasteiger partial charge in [-0.3, -0.25) is 4.79 Å². The largest absolute Gasteiger partial charge is 0.342 e. The van der Waals surface area contributed by atoms with Crippen LogP contribution in [0.5, 0.6) is 0 Å². The Labute approximate surface area is 155 Å². The van der Waals surface area contributed by atoms with Crippen molar-refractivity contribution in [2.24, 2.45) is 0 Å². The van der Waals surface area contributed by atoms with Crippen molar-refractivity contribution in [2.75, 3.05) is 0 Å². The third kappa shape index (κ3) is 3.25. The highest BCUT2D eigenvalue weighted by molar-refractivity contribution is 8.26. The van der Waals surface area contributed by atoms with E-state index in [-0.39, 0.29) is 5.91 Å². The molecule has 1 N–H and O–H groups in total. The molecule has 5 heteroatoms. The van der Waals surface area contributed by atoms with Gasteiger partial charge in [0, 0.05) is 29.2 Å². The van der Waals surface area contributed by atoms with Crippen molar-refractivity contribution in [3.63, 3.8) is 0 Å². The first-order chi connectivity index (χ1) is 12.1. The second kappa shape index (κ2) is 6.50. The number of nitrogens with one attached hydrogen (secondary N) is 1. The summed E-state index contributed by atoms with van der Waals surface area (Å²) in [5.74, 6) is -0.120. The summed E-state index contributed by atoms with van der Waals surface area (Å²) < 4.78 is 2.74. The summed E-state index contributed by atoms with van der Waals surface area (Å²) in [5, 5.41) is 3.80. The van der Waals surface area contributed by atoms with E-state index in [1.165, 1.54) is 22.9 Å². The van der Waals surface area contributed by atoms with Crippen molar-refractivity contribution >= 4 is 51.2 Å². The molecule has 1 aliphatic heterocycles. The average Bonchev–Trinajstić information content (AvgIpc) is 3.10. The zero-order chi connectivity index (χ0) is 17.4. The van der Waals surface area contributed by atoms with Gasteiger partial charge >= 0.3 is 0 Å². The smallest absolute Gasteiger partial charge is 0.263 e. The Morgan fingerprint density at radius 3 is 2.64 bits per heavy atom. The minimum atomic E-state index is -0.120. The summed E-state index contributed by atoms with van der Waals surface area (Å²) in [7, 11) is 0. The Kier molecular flexibility index (Phi) is 4.19. The fourth-order valence-electron chi connectivity index (χ4n) is 2.97. The van der Waals surface area contributed by atoms with E-state index in [1.54, 1.807) is 0 Å². The van der Waals surface area contributed by atoms with Gasteiger partial charge in [-0.15, -0.1) is 0 Å². The second-order valence-corrected chi connectivity index (χ2v) is 7.79. The maximum absolute atomic E-state index is 12.0. The number of aromatic nitrogens is 1. The molecule has 1 saturated heterocycles. The van der Waals surface area contributed by atoms with Crippen LogP contribution in [-0.2, 0) is 11.3 Å². The van der Waals surface area contributed by atoms with Crippen LogP contribution in [0, 0.1) is 6.92 Å². The maximum atomic E-state index is 12.0. The van der Waals surface area contributed by atoms with Crippen molar-refractivity contribution in [1.82, 2.24) is 9.88 Å². The van der Waals surface area contributed by atoms with Gasteiger partial charge in [0.1, 0.15) is 4.32 Å². The Morgan fingerprint density at radius 2 is 1.92 bits per heavy atom. The molecule has 1 aliphatic rings. The Morgan fingerprint density at radius 1 is 1.16 bits per heavy atom. The number of carbonyl (C=O) groups excluding carboxylic acids is 1. The Balaban J connectivity index is 1.76. The van der Waals surface area contributed by atoms with E-state index in [9.17, 15) is 4.79 Å². The van der Waals surface area contributed by atoms with Gasteiger partial charge in [0.15, 0.2) is 0 Å². The van der Waals surface area contributed by atoms with Gasteiger partial charge < -0.3 is 9.88 Å². The van der Waals surface area contributed by atoms with Gasteiger partial charge in [-0.2, -0.15) is 0 Å². The van der Waals surface area contributed by atoms with E-state index in [1.807, 2.05) is 18.2 Å². The SMILES string of the molecule is Cc1ccc(Cn2cc(C=C3SC(=S)NC3=O)c3ccccc32)cc1. The highest BCUT2D eigenvalue weighted by atomic mass is 32.2. The van der Waals surface area contributed by atoms with Crippen molar-refractivity contribution in [3.05, 3.63) is 76.3 Å². The number of carbonyl (C=O) groups is 1. The van der Waals surface area contributed by atoms with E-state index in [0.717, 1.165) is 23.0 Å². The Hall–Kier alpha value is -2.37. The van der Waals surface area contributed by atoms with E-state index in [4.69, 9.17) is 12.2 Å². The Bertz CT molecular complexity index is 1020. The molecule has 124 valence electrons. The number of amides is 1. The summed E-state index contributed by atoms with van der Waals surface area (Å²) in [4.78, 5) is 12.6. The summed E-state index contributed by atoms with van der Waals surface area (Å²) in [6.45, 7) is 2.88. The summed E-state index contributed by atoms with van der Waals surface area (Å²) in [6, 6.07) is 16.8. The zero-order valence-corrected chi connectivity index (χ0v) is 15.3. The van der Waals surface area contributed by atoms with Crippen LogP contribution in [0.25, 0.3) is 17.0 Å². The molecule has 0 aliphatic carbocycles. The van der Waals surface area contributed by atoms with Gasteiger partial charge in [0.25, 0.3) is 5.91 Å². The van der Waals surface area contributed by atoms with Crippen molar-refractivity contribution < 1.29 is 4.79 Å². The number of fused-ring (bicyclic) bond motifs is 1. The van der Waals surface area contributed by atoms with E-state index in [0.29, 0.717) is 9.23 Å². The van der Waals surface area contributed by atoms with Gasteiger partial charge in [-0.25, -0.2) is 0 Å². The second-order valence-electron chi connectivity index (χ2n) is 6.07. The fourth-order valence-corrected chi connectivity index (χ4v) is 4.01. The van der Waals surface area contributed by atoms with Crippen LogP contribution in [0.2, 0.25) is 0 Å². The van der Waals surface area contributed by atoms with Crippen LogP contribution >= 0.6 is 24.0 Å². The van der Waals surface area contributed by atoms with Crippen molar-refractivity contribution in [3.8, 4) is 0 Å². The zero-order valence-electron chi connectivity index (χ0n) is 13.7. The van der Waals surface area contributed by atoms with E-state index < -0.39 is 0 Å². The van der Waals surface area contributed by atoms with Crippen LogP contribution in [0.4, 0.5) is 0 Å². The first-order valence-corrected chi connectivity index (χ1v) is 9.21. The normalized spacial score (nSPS) is 16.0. The van der Waals surface area contributed by atoms with Gasteiger partial charge in [0.2, 0.25) is 0 Å². The molecule has 0 spiro atoms. The molecular weight excluding hydrogens is 348 g/mol. The molecule has 1 amide bonds. The molecule has 0 radical (unpaired) electrons. The topological polar surface area (TPSA) is 34.0 Å². The predicted octanol–water partition coefficient (Wildman–Crippen LogP) is 4.49. The number of aryl methyl sites for hydroxylation is 1. The maximum Gasteiger partial charge on any atom is 0.263 e. The molecular formula is C20H16N2OS2. The molecule has 2 aromatic carbocycles. The van der Waals surface area contributed by atoms with Gasteiger partial charge in [-0.1, -0.05) is 72.0 Å². The third-order valence-electron chi connectivity index (χ3n) is 4.22. The van der Waals surface area contributed by atoms with Crippen molar-refractivity contribution in [1.29, 1.82) is 0 Å². The average molecular weight is 364 g/mol. The highest BCUT2D eigenvalue weighted by Crippen LogP contribution is 2.30. The van der Waals surface area contributed by atoms with Crippen LogP contribution in [0.15, 0.2) is 59.6 Å². The molecule has 3 aromatic rings. The summed E-state index contributed by atoms with van der Waals surface area (Å²) in [5.41, 5.74) is 4.69. The molecule has 2 heterocycles. The molecule has 0 atom stereocenters. The highest BCUT2D eigenvalue weighted by Gasteiger charge is 2.22. The van der Waals surface area contributed by atoms with Crippen LogP contribution in [-0.4, -0.2) is 14.8 Å². The van der Waals surface area contributed by atoms with Crippen molar-refractivity contribution in [2.45, 2.75) is 13.5 Å². The first kappa shape index (κ1) is 16.1. The molecule has 1 aromatic heterocycles. The van der Waals surface area contributed by atoms with E-state index in [2.05, 4.69) is 59.4 Å². The van der Waals surface area contributed by atoms with Crippen LogP contribution in [0.1, 0.15) is 16.7 Å². The lowest BCUT2D eigenvalue weighted by Crippen LogP contribution is -2.17. The number of hydrogen-bond donors (Lipinski definition) is 1. The minimum Gasteiger partial charge on any atom is -0.342 e. The minimum absolute atomic E-state index is 0.120. The first-order valence-electron chi connectivity index (χ1n) is 7.98. The lowest BCUT2D eigenvalue weighted by molar-refractivity contribution is -0.115. The van der Waals surface area contributed by atoms with Crippen LogP contribution in [0.3, 0.4) is 0 Å². The summed E-state index contributed by atoms with van der Waals surface area (Å²) in [6.07, 6.45) is 4.03. The number of hydrogen-bond acceptors (Lipinski definition) is 3. The van der Waals surface area contributed by atoms with E-state index >= 15 is 0 Å². The number of rotatable bonds is 3. The molecule has 4 rings (SSSR count). The number of nitrogens with zero attached hydrogens (tertiary/aromatic N) is 1. The molecule has 25 heavy (non-hydrogen) atoms. The predicted molar refractivity (Wildman–Crippen MR) is 109 cm³/mol. The molecule has 0 unspecified atom stereocenters. The van der Waals surface area contributed by atoms with Crippen LogP contribution < -0.4 is 5.32 Å². The third-order valence-corrected chi connectivity index (χ3v) is 5.38. The molecule has 0 bridgehead atoms. The quantitative estimate of drug-likeness (QED) is 0.549. The number of thiocarbonyl (C=S) groups is 1. The lowest BCUT2D eigenvalue weighted by Gasteiger charge is -2.06. The number of para-hydroxylation sites is 1. The lowest BCUT2D eigenvalue weighted by atomic mass is 10.1. The number of thioether (sulfide) groups is 1. The summed E-state index contributed by atoms with van der Waals surface area (Å²) >= 11 is 6.39. The van der Waals surface area contributed by atoms with Gasteiger partial charge in [-0.05, 0) is 24.6 Å². The molecule has 0 saturated carbocycles. The monoisotopic (exact) mass is 364 g/mol. The molecule has 1 fully saturated rings. The standard InChI is InChI=1S/C20H16N2OS2/c1-13-6-8-14(9-7-13)11-22-12-15(16-4-2-3-5-17(16)22)10-18-19(23)21-20(24)25-18/h2-10,12H,11H2,1H3,(H,21,23,24). The molecule has 3 nitrogen and oxygen atoms in total. The van der Waals surface area contributed by atoms with Gasteiger partial charge in [0.05, 0.1) is 4.91 Å².